The van der Waals surface area contributed by atoms with E-state index >= 15 is 0 Å². The van der Waals surface area contributed by atoms with Gasteiger partial charge in [-0.05, 0) is 29.2 Å². The average molecular weight is 300 g/mol. The fraction of sp³-hybridized carbons (Fsp3) is 0.333. The molecule has 2 amide bonds. The Morgan fingerprint density at radius 2 is 1.36 bits per heavy atom. The van der Waals surface area contributed by atoms with Crippen LogP contribution >= 0.6 is 0 Å². The van der Waals surface area contributed by atoms with Crippen LogP contribution in [0.1, 0.15) is 47.1 Å². The number of carbonyl (C=O) groups is 2. The Balaban J connectivity index is 3.21. The zero-order valence-corrected chi connectivity index (χ0v) is 13.5. The van der Waals surface area contributed by atoms with Crippen molar-refractivity contribution in [1.29, 1.82) is 0 Å². The molecule has 0 bridgehead atoms. The third kappa shape index (κ3) is 4.88. The number of carbonyl (C=O) groups excluding carboxylic acids is 2. The van der Waals surface area contributed by atoms with Crippen LogP contribution in [0.3, 0.4) is 0 Å². The Kier molecular flexibility index (Phi) is 6.11. The van der Waals surface area contributed by atoms with Gasteiger partial charge in [-0.3, -0.25) is 9.59 Å². The quantitative estimate of drug-likeness (QED) is 0.794. The summed E-state index contributed by atoms with van der Waals surface area (Å²) in [5.74, 6) is -0.437. The molecule has 0 aromatic heterocycles. The highest BCUT2D eigenvalue weighted by atomic mass is 16.2. The summed E-state index contributed by atoms with van der Waals surface area (Å²) in [6.45, 7) is 14.0. The summed E-state index contributed by atoms with van der Waals surface area (Å²) in [5, 5.41) is 5.46. The summed E-state index contributed by atoms with van der Waals surface area (Å²) < 4.78 is 0. The van der Waals surface area contributed by atoms with Crippen LogP contribution in [0.2, 0.25) is 0 Å². The van der Waals surface area contributed by atoms with Gasteiger partial charge in [-0.25, -0.2) is 0 Å². The molecule has 0 saturated heterocycles. The monoisotopic (exact) mass is 300 g/mol. The molecule has 4 heteroatoms. The highest BCUT2D eigenvalue weighted by molar-refractivity contribution is 6.00. The fourth-order valence-electron chi connectivity index (χ4n) is 1.86. The van der Waals surface area contributed by atoms with Crippen LogP contribution < -0.4 is 10.6 Å². The van der Waals surface area contributed by atoms with E-state index < -0.39 is 0 Å². The predicted molar refractivity (Wildman–Crippen MR) is 90.2 cm³/mol. The molecule has 0 unspecified atom stereocenters. The first-order chi connectivity index (χ1) is 10.3. The van der Waals surface area contributed by atoms with Gasteiger partial charge in [0, 0.05) is 24.2 Å². The van der Waals surface area contributed by atoms with E-state index in [1.165, 1.54) is 0 Å². The highest BCUT2D eigenvalue weighted by Gasteiger charge is 2.19. The van der Waals surface area contributed by atoms with E-state index in [0.29, 0.717) is 24.2 Å². The summed E-state index contributed by atoms with van der Waals surface area (Å²) in [4.78, 5) is 24.3. The maximum Gasteiger partial charge on any atom is 0.251 e. The van der Waals surface area contributed by atoms with Crippen molar-refractivity contribution in [2.75, 3.05) is 13.1 Å². The van der Waals surface area contributed by atoms with Gasteiger partial charge >= 0.3 is 0 Å². The molecule has 0 aliphatic rings. The van der Waals surface area contributed by atoms with Gasteiger partial charge in [0.25, 0.3) is 11.8 Å². The van der Waals surface area contributed by atoms with Crippen molar-refractivity contribution in [3.05, 3.63) is 60.2 Å². The van der Waals surface area contributed by atoms with Crippen LogP contribution in [0.4, 0.5) is 0 Å². The first kappa shape index (κ1) is 17.7. The summed E-state index contributed by atoms with van der Waals surface area (Å²) in [6.07, 6.45) is 3.23. The van der Waals surface area contributed by atoms with Crippen molar-refractivity contribution < 1.29 is 9.59 Å². The number of benzene rings is 1. The molecule has 0 spiro atoms. The molecule has 1 aromatic rings. The Morgan fingerprint density at radius 3 is 1.68 bits per heavy atom. The van der Waals surface area contributed by atoms with Crippen molar-refractivity contribution >= 4 is 11.8 Å². The zero-order chi connectivity index (χ0) is 16.8. The van der Waals surface area contributed by atoms with Gasteiger partial charge in [-0.2, -0.15) is 0 Å². The number of rotatable bonds is 6. The van der Waals surface area contributed by atoms with E-state index in [-0.39, 0.29) is 17.2 Å². The number of amides is 2. The predicted octanol–water partition coefficient (Wildman–Crippen LogP) is 2.82. The molecule has 0 aliphatic carbocycles. The molecule has 1 aromatic carbocycles. The summed E-state index contributed by atoms with van der Waals surface area (Å²) >= 11 is 0. The maximum atomic E-state index is 12.2. The first-order valence-electron chi connectivity index (χ1n) is 7.23. The van der Waals surface area contributed by atoms with Gasteiger partial charge in [-0.1, -0.05) is 32.9 Å². The van der Waals surface area contributed by atoms with Gasteiger partial charge in [0.15, 0.2) is 0 Å². The van der Waals surface area contributed by atoms with E-state index in [1.54, 1.807) is 18.2 Å². The van der Waals surface area contributed by atoms with Gasteiger partial charge in [0.2, 0.25) is 0 Å². The second kappa shape index (κ2) is 7.59. The SMILES string of the molecule is C=CCNC(=O)c1cc(C(=O)NCC=C)cc(C(C)(C)C)c1. The number of hydrogen-bond donors (Lipinski definition) is 2. The molecule has 4 nitrogen and oxygen atoms in total. The average Bonchev–Trinajstić information content (AvgIpc) is 2.48. The molecule has 0 atom stereocenters. The third-order valence-corrected chi connectivity index (χ3v) is 3.14. The summed E-state index contributed by atoms with van der Waals surface area (Å²) in [5.41, 5.74) is 1.71. The summed E-state index contributed by atoms with van der Waals surface area (Å²) in [7, 11) is 0. The largest absolute Gasteiger partial charge is 0.349 e. The van der Waals surface area contributed by atoms with Crippen molar-refractivity contribution in [2.45, 2.75) is 26.2 Å². The lowest BCUT2D eigenvalue weighted by molar-refractivity contribution is 0.0957. The Morgan fingerprint density at radius 1 is 0.955 bits per heavy atom. The first-order valence-corrected chi connectivity index (χ1v) is 7.23. The molecule has 0 fully saturated rings. The van der Waals surface area contributed by atoms with Crippen LogP contribution in [-0.4, -0.2) is 24.9 Å². The van der Waals surface area contributed by atoms with Crippen LogP contribution in [0.15, 0.2) is 43.5 Å². The number of hydrogen-bond acceptors (Lipinski definition) is 2. The van der Waals surface area contributed by atoms with E-state index in [4.69, 9.17) is 0 Å². The molecule has 118 valence electrons. The molecule has 1 rings (SSSR count). The minimum atomic E-state index is -0.219. The molecular formula is C18H24N2O2. The Bertz CT molecular complexity index is 541. The van der Waals surface area contributed by atoms with E-state index in [1.807, 2.05) is 32.9 Å². The van der Waals surface area contributed by atoms with Crippen LogP contribution in [-0.2, 0) is 5.41 Å². The zero-order valence-electron chi connectivity index (χ0n) is 13.5. The fourth-order valence-corrected chi connectivity index (χ4v) is 1.86. The molecule has 0 radical (unpaired) electrons. The maximum absolute atomic E-state index is 12.2. The lowest BCUT2D eigenvalue weighted by Crippen LogP contribution is -2.27. The molecular weight excluding hydrogens is 276 g/mol. The molecule has 2 N–H and O–H groups in total. The van der Waals surface area contributed by atoms with Gasteiger partial charge in [-0.15, -0.1) is 13.2 Å². The van der Waals surface area contributed by atoms with E-state index in [0.717, 1.165) is 5.56 Å². The Hall–Kier alpha value is -2.36. The van der Waals surface area contributed by atoms with Crippen molar-refractivity contribution in [2.24, 2.45) is 0 Å². The van der Waals surface area contributed by atoms with Gasteiger partial charge in [0.05, 0.1) is 0 Å². The normalized spacial score (nSPS) is 10.7. The third-order valence-electron chi connectivity index (χ3n) is 3.14. The lowest BCUT2D eigenvalue weighted by Gasteiger charge is -2.21. The lowest BCUT2D eigenvalue weighted by atomic mass is 9.85. The molecule has 0 saturated carbocycles. The molecule has 0 heterocycles. The van der Waals surface area contributed by atoms with Gasteiger partial charge in [0.1, 0.15) is 0 Å². The molecule has 22 heavy (non-hydrogen) atoms. The van der Waals surface area contributed by atoms with Gasteiger partial charge < -0.3 is 10.6 Å². The summed E-state index contributed by atoms with van der Waals surface area (Å²) in [6, 6.07) is 5.25. The minimum absolute atomic E-state index is 0.164. The highest BCUT2D eigenvalue weighted by Crippen LogP contribution is 2.24. The van der Waals surface area contributed by atoms with Crippen molar-refractivity contribution in [3.8, 4) is 0 Å². The van der Waals surface area contributed by atoms with Crippen LogP contribution in [0.5, 0.6) is 0 Å². The topological polar surface area (TPSA) is 58.2 Å². The smallest absolute Gasteiger partial charge is 0.251 e. The van der Waals surface area contributed by atoms with Crippen molar-refractivity contribution in [3.63, 3.8) is 0 Å². The van der Waals surface area contributed by atoms with E-state index in [2.05, 4.69) is 23.8 Å². The minimum Gasteiger partial charge on any atom is -0.349 e. The molecule has 0 aliphatic heterocycles. The Labute approximate surface area is 132 Å². The van der Waals surface area contributed by atoms with Crippen LogP contribution in [0.25, 0.3) is 0 Å². The van der Waals surface area contributed by atoms with Crippen molar-refractivity contribution in [1.82, 2.24) is 10.6 Å². The second-order valence-corrected chi connectivity index (χ2v) is 6.05. The number of nitrogens with one attached hydrogen (secondary N) is 2. The van der Waals surface area contributed by atoms with Crippen LogP contribution in [0, 0.1) is 0 Å². The standard InChI is InChI=1S/C18H24N2O2/c1-6-8-19-16(21)13-10-14(17(22)20-9-7-2)12-15(11-13)18(3,4)5/h6-7,10-12H,1-2,8-9H2,3-5H3,(H,19,21)(H,20,22). The van der Waals surface area contributed by atoms with E-state index in [9.17, 15) is 9.59 Å². The second-order valence-electron chi connectivity index (χ2n) is 6.05.